The normalized spacial score (nSPS) is 13.7. The average molecular weight is 268 g/mol. The van der Waals surface area contributed by atoms with Gasteiger partial charge in [0.1, 0.15) is 0 Å². The van der Waals surface area contributed by atoms with Gasteiger partial charge in [-0.15, -0.1) is 11.3 Å². The largest absolute Gasteiger partial charge is 0.355 e. The maximum atomic E-state index is 12.0. The van der Waals surface area contributed by atoms with Crippen molar-refractivity contribution in [2.45, 2.75) is 33.1 Å². The number of carbonyl (C=O) groups is 1. The number of thiophene rings is 1. The van der Waals surface area contributed by atoms with E-state index in [9.17, 15) is 4.79 Å². The van der Waals surface area contributed by atoms with Crippen molar-refractivity contribution in [3.8, 4) is 0 Å². The minimum Gasteiger partial charge on any atom is -0.355 e. The molecule has 0 aliphatic carbocycles. The zero-order valence-corrected chi connectivity index (χ0v) is 12.5. The maximum Gasteiger partial charge on any atom is 0.224 e. The van der Waals surface area contributed by atoms with Crippen molar-refractivity contribution in [3.05, 3.63) is 22.4 Å². The molecular weight excluding hydrogens is 244 g/mol. The van der Waals surface area contributed by atoms with Gasteiger partial charge < -0.3 is 11.1 Å². The first-order valence-electron chi connectivity index (χ1n) is 6.40. The zero-order chi connectivity index (χ0) is 13.8. The molecule has 0 radical (unpaired) electrons. The lowest BCUT2D eigenvalue weighted by Gasteiger charge is -2.26. The number of nitrogens with two attached hydrogens (primary N) is 1. The lowest BCUT2D eigenvalue weighted by atomic mass is 9.90. The molecule has 1 atom stereocenters. The Morgan fingerprint density at radius 3 is 2.61 bits per heavy atom. The van der Waals surface area contributed by atoms with Crippen LogP contribution >= 0.6 is 11.3 Å². The number of nitrogens with one attached hydrogen (secondary N) is 1. The Balaban J connectivity index is 2.57. The van der Waals surface area contributed by atoms with Crippen molar-refractivity contribution in [1.82, 2.24) is 5.32 Å². The van der Waals surface area contributed by atoms with Crippen molar-refractivity contribution < 1.29 is 4.79 Å². The van der Waals surface area contributed by atoms with Crippen LogP contribution in [-0.2, 0) is 10.2 Å². The van der Waals surface area contributed by atoms with Gasteiger partial charge in [0.05, 0.1) is 5.92 Å². The Labute approximate surface area is 114 Å². The van der Waals surface area contributed by atoms with Crippen LogP contribution in [0.2, 0.25) is 0 Å². The second kappa shape index (κ2) is 6.34. The number of hydrogen-bond donors (Lipinski definition) is 2. The Morgan fingerprint density at radius 2 is 2.17 bits per heavy atom. The van der Waals surface area contributed by atoms with E-state index in [1.807, 2.05) is 19.9 Å². The molecule has 102 valence electrons. The second-order valence-corrected chi connectivity index (χ2v) is 6.61. The third-order valence-corrected chi connectivity index (χ3v) is 4.52. The number of amides is 1. The van der Waals surface area contributed by atoms with E-state index in [2.05, 4.69) is 30.6 Å². The van der Waals surface area contributed by atoms with E-state index in [0.29, 0.717) is 13.1 Å². The van der Waals surface area contributed by atoms with Crippen LogP contribution in [0.1, 0.15) is 32.6 Å². The summed E-state index contributed by atoms with van der Waals surface area (Å²) in [6, 6.07) is 4.15. The molecule has 1 heterocycles. The van der Waals surface area contributed by atoms with Crippen LogP contribution in [0.5, 0.6) is 0 Å². The highest BCUT2D eigenvalue weighted by atomic mass is 32.1. The first kappa shape index (κ1) is 15.2. The molecule has 18 heavy (non-hydrogen) atoms. The van der Waals surface area contributed by atoms with Gasteiger partial charge in [-0.3, -0.25) is 4.79 Å². The quantitative estimate of drug-likeness (QED) is 0.832. The zero-order valence-electron chi connectivity index (χ0n) is 11.7. The molecule has 0 bridgehead atoms. The number of carbonyl (C=O) groups excluding carboxylic acids is 1. The van der Waals surface area contributed by atoms with E-state index in [1.165, 1.54) is 4.88 Å². The minimum absolute atomic E-state index is 0.0278. The first-order chi connectivity index (χ1) is 8.38. The molecule has 1 unspecified atom stereocenters. The molecule has 0 saturated carbocycles. The summed E-state index contributed by atoms with van der Waals surface area (Å²) in [7, 11) is 0. The van der Waals surface area contributed by atoms with Gasteiger partial charge in [0.25, 0.3) is 0 Å². The van der Waals surface area contributed by atoms with Crippen molar-refractivity contribution in [2.24, 2.45) is 17.6 Å². The molecule has 0 spiro atoms. The molecule has 1 aromatic heterocycles. The van der Waals surface area contributed by atoms with Crippen molar-refractivity contribution in [3.63, 3.8) is 0 Å². The summed E-state index contributed by atoms with van der Waals surface area (Å²) in [5, 5.41) is 5.10. The highest BCUT2D eigenvalue weighted by Gasteiger charge is 2.25. The van der Waals surface area contributed by atoms with Crippen molar-refractivity contribution in [1.29, 1.82) is 0 Å². The van der Waals surface area contributed by atoms with Crippen LogP contribution in [0.15, 0.2) is 17.5 Å². The summed E-state index contributed by atoms with van der Waals surface area (Å²) in [6.45, 7) is 9.40. The highest BCUT2D eigenvalue weighted by Crippen LogP contribution is 2.26. The lowest BCUT2D eigenvalue weighted by molar-refractivity contribution is -0.126. The Morgan fingerprint density at radius 1 is 1.50 bits per heavy atom. The fourth-order valence-corrected chi connectivity index (χ4v) is 2.72. The van der Waals surface area contributed by atoms with Gasteiger partial charge in [0.15, 0.2) is 0 Å². The standard InChI is InChI=1S/C14H24N2OS/c1-10(2)11(8-15)13(17)16-9-14(3,4)12-6-5-7-18-12/h5-7,10-11H,8-9,15H2,1-4H3,(H,16,17). The highest BCUT2D eigenvalue weighted by molar-refractivity contribution is 7.10. The van der Waals surface area contributed by atoms with Crippen LogP contribution in [-0.4, -0.2) is 19.0 Å². The summed E-state index contributed by atoms with van der Waals surface area (Å²) < 4.78 is 0. The SMILES string of the molecule is CC(C)C(CN)C(=O)NCC(C)(C)c1cccs1. The molecule has 4 heteroatoms. The van der Waals surface area contributed by atoms with Gasteiger partial charge in [-0.2, -0.15) is 0 Å². The summed E-state index contributed by atoms with van der Waals surface area (Å²) in [6.07, 6.45) is 0. The maximum absolute atomic E-state index is 12.0. The van der Waals surface area contributed by atoms with E-state index in [-0.39, 0.29) is 23.2 Å². The molecule has 3 N–H and O–H groups in total. The predicted molar refractivity (Wildman–Crippen MR) is 77.7 cm³/mol. The first-order valence-corrected chi connectivity index (χ1v) is 7.28. The molecule has 1 rings (SSSR count). The van der Waals surface area contributed by atoms with Crippen molar-refractivity contribution in [2.75, 3.05) is 13.1 Å². The summed E-state index contributed by atoms with van der Waals surface area (Å²) >= 11 is 1.73. The fraction of sp³-hybridized carbons (Fsp3) is 0.643. The van der Waals surface area contributed by atoms with E-state index in [1.54, 1.807) is 11.3 Å². The molecule has 0 aliphatic rings. The van der Waals surface area contributed by atoms with Crippen LogP contribution in [0.3, 0.4) is 0 Å². The van der Waals surface area contributed by atoms with Crippen LogP contribution in [0.25, 0.3) is 0 Å². The predicted octanol–water partition coefficient (Wildman–Crippen LogP) is 2.37. The molecule has 3 nitrogen and oxygen atoms in total. The van der Waals surface area contributed by atoms with Gasteiger partial charge in [0.2, 0.25) is 5.91 Å². The molecule has 0 fully saturated rings. The van der Waals surface area contributed by atoms with Gasteiger partial charge in [0, 0.05) is 23.4 Å². The summed E-state index contributed by atoms with van der Waals surface area (Å²) in [5.74, 6) is 0.251. The van der Waals surface area contributed by atoms with Crippen LogP contribution in [0.4, 0.5) is 0 Å². The van der Waals surface area contributed by atoms with Gasteiger partial charge in [-0.05, 0) is 17.4 Å². The second-order valence-electron chi connectivity index (χ2n) is 5.67. The molecule has 1 amide bonds. The van der Waals surface area contributed by atoms with Crippen molar-refractivity contribution >= 4 is 17.2 Å². The number of hydrogen-bond acceptors (Lipinski definition) is 3. The third-order valence-electron chi connectivity index (χ3n) is 3.29. The van der Waals surface area contributed by atoms with E-state index >= 15 is 0 Å². The summed E-state index contributed by atoms with van der Waals surface area (Å²) in [5.41, 5.74) is 5.62. The fourth-order valence-electron chi connectivity index (χ4n) is 1.87. The van der Waals surface area contributed by atoms with Gasteiger partial charge >= 0.3 is 0 Å². The molecule has 0 aliphatic heterocycles. The van der Waals surface area contributed by atoms with E-state index in [4.69, 9.17) is 5.73 Å². The monoisotopic (exact) mass is 268 g/mol. The van der Waals surface area contributed by atoms with E-state index < -0.39 is 0 Å². The topological polar surface area (TPSA) is 55.1 Å². The molecular formula is C14H24N2OS. The number of rotatable bonds is 6. The summed E-state index contributed by atoms with van der Waals surface area (Å²) in [4.78, 5) is 13.3. The van der Waals surface area contributed by atoms with Crippen LogP contribution in [0, 0.1) is 11.8 Å². The molecule has 1 aromatic rings. The van der Waals surface area contributed by atoms with Crippen LogP contribution < -0.4 is 11.1 Å². The third kappa shape index (κ3) is 3.82. The Bertz CT molecular complexity index is 371. The Hall–Kier alpha value is -0.870. The smallest absolute Gasteiger partial charge is 0.224 e. The molecule has 0 aromatic carbocycles. The molecule has 0 saturated heterocycles. The Kier molecular flexibility index (Phi) is 5.35. The van der Waals surface area contributed by atoms with E-state index in [0.717, 1.165) is 0 Å². The van der Waals surface area contributed by atoms with Gasteiger partial charge in [-0.1, -0.05) is 33.8 Å². The lowest BCUT2D eigenvalue weighted by Crippen LogP contribution is -2.43. The van der Waals surface area contributed by atoms with Gasteiger partial charge in [-0.25, -0.2) is 0 Å². The minimum atomic E-state index is -0.0934. The average Bonchev–Trinajstić information content (AvgIpc) is 2.81.